The van der Waals surface area contributed by atoms with Crippen LogP contribution in [0.2, 0.25) is 0 Å². The smallest absolute Gasteiger partial charge is 0.348 e. The maximum Gasteiger partial charge on any atom is 0.348 e. The van der Waals surface area contributed by atoms with Crippen LogP contribution in [-0.4, -0.2) is 86.4 Å². The SMILES string of the molecule is CCC1(COC)OC(=O)C(/C=C/C=C/C=C2C(=O)OC3(CCCC4(C3)OC(=O)C(=C/C=C/C=C/C3=C([O-])OC(C)(COC)OC3=O)C(=O)O4)OC2=O)=C([O-])O1. The van der Waals surface area contributed by atoms with Crippen LogP contribution in [0.1, 0.15) is 46.0 Å². The van der Waals surface area contributed by atoms with E-state index in [9.17, 15) is 39.0 Å². The Morgan fingerprint density at radius 1 is 0.582 bits per heavy atom. The molecule has 1 aliphatic carbocycles. The maximum absolute atomic E-state index is 13.0. The molecule has 0 radical (unpaired) electrons. The lowest BCUT2D eigenvalue weighted by atomic mass is 9.87. The van der Waals surface area contributed by atoms with E-state index in [2.05, 4.69) is 0 Å². The van der Waals surface area contributed by atoms with Gasteiger partial charge in [0.2, 0.25) is 0 Å². The Bertz CT molecular complexity index is 1850. The molecular formula is C37H36O18-2. The molecule has 4 aliphatic heterocycles. The lowest BCUT2D eigenvalue weighted by molar-refractivity contribution is -0.402. The van der Waals surface area contributed by atoms with Gasteiger partial charge in [0, 0.05) is 27.1 Å². The number of allylic oxidation sites excluding steroid dienone is 8. The second-order valence-corrected chi connectivity index (χ2v) is 12.7. The Labute approximate surface area is 313 Å². The first-order valence-corrected chi connectivity index (χ1v) is 16.8. The van der Waals surface area contributed by atoms with Crippen LogP contribution in [0.3, 0.4) is 0 Å². The van der Waals surface area contributed by atoms with E-state index in [1.807, 2.05) is 0 Å². The molecule has 2 unspecified atom stereocenters. The van der Waals surface area contributed by atoms with Crippen molar-refractivity contribution in [3.63, 3.8) is 0 Å². The van der Waals surface area contributed by atoms with Crippen molar-refractivity contribution < 1.29 is 86.3 Å². The number of hydrogen-bond acceptors (Lipinski definition) is 18. The molecule has 55 heavy (non-hydrogen) atoms. The van der Waals surface area contributed by atoms with E-state index in [4.69, 9.17) is 47.4 Å². The van der Waals surface area contributed by atoms with Crippen LogP contribution in [0.25, 0.3) is 0 Å². The molecule has 18 heteroatoms. The summed E-state index contributed by atoms with van der Waals surface area (Å²) >= 11 is 0. The predicted molar refractivity (Wildman–Crippen MR) is 175 cm³/mol. The number of hydrogen-bond donors (Lipinski definition) is 0. The first kappa shape index (κ1) is 40.1. The molecule has 0 aromatic rings. The van der Waals surface area contributed by atoms with Crippen molar-refractivity contribution in [1.29, 1.82) is 0 Å². The molecule has 4 heterocycles. The average Bonchev–Trinajstić information content (AvgIpc) is 3.08. The third-order valence-corrected chi connectivity index (χ3v) is 8.51. The van der Waals surface area contributed by atoms with E-state index < -0.39 is 94.0 Å². The van der Waals surface area contributed by atoms with E-state index in [1.54, 1.807) is 6.92 Å². The van der Waals surface area contributed by atoms with Crippen molar-refractivity contribution in [2.45, 2.75) is 69.1 Å². The van der Waals surface area contributed by atoms with Crippen molar-refractivity contribution >= 4 is 35.8 Å². The van der Waals surface area contributed by atoms with E-state index >= 15 is 0 Å². The molecule has 2 spiro atoms. The first-order valence-electron chi connectivity index (χ1n) is 16.8. The lowest BCUT2D eigenvalue weighted by Gasteiger charge is -2.47. The summed E-state index contributed by atoms with van der Waals surface area (Å²) in [6, 6.07) is 0. The molecule has 1 saturated carbocycles. The zero-order valence-corrected chi connectivity index (χ0v) is 30.1. The minimum Gasteiger partial charge on any atom is -0.573 e. The van der Waals surface area contributed by atoms with Crippen LogP contribution in [0.15, 0.2) is 94.9 Å². The number of esters is 6. The van der Waals surface area contributed by atoms with Crippen molar-refractivity contribution in [3.8, 4) is 0 Å². The van der Waals surface area contributed by atoms with E-state index in [0.29, 0.717) is 0 Å². The van der Waals surface area contributed by atoms with Crippen LogP contribution in [-0.2, 0) is 76.1 Å². The zero-order chi connectivity index (χ0) is 40.0. The Morgan fingerprint density at radius 3 is 1.45 bits per heavy atom. The summed E-state index contributed by atoms with van der Waals surface area (Å²) < 4.78 is 52.6. The Morgan fingerprint density at radius 2 is 1.04 bits per heavy atom. The summed E-state index contributed by atoms with van der Waals surface area (Å²) in [4.78, 5) is 76.5. The largest absolute Gasteiger partial charge is 0.573 e. The number of carbonyl (C=O) groups excluding carboxylic acids is 6. The molecular weight excluding hydrogens is 732 g/mol. The molecule has 0 N–H and O–H groups in total. The van der Waals surface area contributed by atoms with Crippen molar-refractivity contribution in [3.05, 3.63) is 94.9 Å². The summed E-state index contributed by atoms with van der Waals surface area (Å²) in [5, 5.41) is 24.7. The van der Waals surface area contributed by atoms with Gasteiger partial charge in [0.25, 0.3) is 11.6 Å². The number of methoxy groups -OCH3 is 2. The number of rotatable bonds is 11. The Hall–Kier alpha value is -6.14. The molecule has 0 bridgehead atoms. The monoisotopic (exact) mass is 768 g/mol. The third kappa shape index (κ3) is 8.81. The minimum atomic E-state index is -1.91. The maximum atomic E-state index is 13.0. The topological polar surface area (TPSA) is 241 Å². The molecule has 2 atom stereocenters. The fraction of sp³-hybridized carbons (Fsp3) is 0.405. The molecule has 0 aromatic carbocycles. The minimum absolute atomic E-state index is 0.0189. The second-order valence-electron chi connectivity index (χ2n) is 12.7. The normalized spacial score (nSPS) is 30.1. The van der Waals surface area contributed by atoms with Gasteiger partial charge in [-0.3, -0.25) is 0 Å². The quantitative estimate of drug-likeness (QED) is 0.0920. The van der Waals surface area contributed by atoms with E-state index in [-0.39, 0.29) is 44.5 Å². The second kappa shape index (κ2) is 16.1. The van der Waals surface area contributed by atoms with Crippen LogP contribution in [0.4, 0.5) is 0 Å². The fourth-order valence-electron chi connectivity index (χ4n) is 5.95. The molecule has 2 saturated heterocycles. The van der Waals surface area contributed by atoms with Crippen molar-refractivity contribution in [1.82, 2.24) is 0 Å². The Kier molecular flexibility index (Phi) is 11.7. The molecule has 3 fully saturated rings. The first-order chi connectivity index (χ1) is 26.1. The zero-order valence-electron chi connectivity index (χ0n) is 30.1. The van der Waals surface area contributed by atoms with Gasteiger partial charge in [0.1, 0.15) is 17.6 Å². The number of carbonyl (C=O) groups is 6. The molecule has 18 nitrogen and oxygen atoms in total. The van der Waals surface area contributed by atoms with Gasteiger partial charge >= 0.3 is 35.8 Å². The number of cyclic esters (lactones) is 2. The fourth-order valence-corrected chi connectivity index (χ4v) is 5.95. The van der Waals surface area contributed by atoms with Gasteiger partial charge < -0.3 is 57.6 Å². The number of ether oxygens (including phenoxy) is 10. The van der Waals surface area contributed by atoms with Gasteiger partial charge in [-0.2, -0.15) is 0 Å². The highest BCUT2D eigenvalue weighted by Crippen LogP contribution is 2.46. The molecule has 5 aliphatic rings. The molecule has 294 valence electrons. The van der Waals surface area contributed by atoms with Gasteiger partial charge in [-0.15, -0.1) is 0 Å². The molecule has 5 rings (SSSR count). The standard InChI is InChI=1S/C37H38O18/c1-5-35(21-47-4)50-28(40)23(29(41)51-35)14-9-7-11-16-25-32(44)54-37(55-33(25)45)18-12-17-36(19-37)52-30(42)24(31(43)53-36)15-10-6-8-13-22-26(38)48-34(2,20-46-3)49-27(22)39/h6-11,13-16,38,40H,5,12,17-21H2,1-4H3/p-2/b10-6+,11-7+,13-8+,14-9+,24-15?,25-16?. The molecule has 0 amide bonds. The van der Waals surface area contributed by atoms with Gasteiger partial charge in [-0.25, -0.2) is 28.8 Å². The van der Waals surface area contributed by atoms with E-state index in [1.165, 1.54) is 57.6 Å². The third-order valence-electron chi connectivity index (χ3n) is 8.51. The van der Waals surface area contributed by atoms with E-state index in [0.717, 1.165) is 24.3 Å². The van der Waals surface area contributed by atoms with Gasteiger partial charge in [0.15, 0.2) is 11.6 Å². The Balaban J connectivity index is 1.19. The van der Waals surface area contributed by atoms with Gasteiger partial charge in [-0.1, -0.05) is 43.4 Å². The summed E-state index contributed by atoms with van der Waals surface area (Å²) in [6.07, 6.45) is 12.0. The van der Waals surface area contributed by atoms with Gasteiger partial charge in [0.05, 0.1) is 36.3 Å². The van der Waals surface area contributed by atoms with Crippen LogP contribution < -0.4 is 10.2 Å². The van der Waals surface area contributed by atoms with Gasteiger partial charge in [-0.05, 0) is 44.1 Å². The summed E-state index contributed by atoms with van der Waals surface area (Å²) in [5.74, 6) is -14.9. The highest BCUT2D eigenvalue weighted by atomic mass is 16.8. The highest BCUT2D eigenvalue weighted by molar-refractivity contribution is 6.16. The summed E-state index contributed by atoms with van der Waals surface area (Å²) in [6.45, 7) is 2.71. The van der Waals surface area contributed by atoms with Crippen molar-refractivity contribution in [2.75, 3.05) is 27.4 Å². The van der Waals surface area contributed by atoms with Crippen LogP contribution in [0, 0.1) is 0 Å². The van der Waals surface area contributed by atoms with Crippen LogP contribution >= 0.6 is 0 Å². The summed E-state index contributed by atoms with van der Waals surface area (Å²) in [7, 11) is 2.71. The predicted octanol–water partition coefficient (Wildman–Crippen LogP) is 0.637. The van der Waals surface area contributed by atoms with Crippen molar-refractivity contribution in [2.24, 2.45) is 0 Å². The molecule has 0 aromatic heterocycles. The lowest BCUT2D eigenvalue weighted by Crippen LogP contribution is -2.58. The average molecular weight is 769 g/mol. The highest BCUT2D eigenvalue weighted by Gasteiger charge is 2.59. The summed E-state index contributed by atoms with van der Waals surface area (Å²) in [5.41, 5.74) is -1.77. The van der Waals surface area contributed by atoms with Crippen LogP contribution in [0.5, 0.6) is 0 Å².